The number of ether oxygens (including phenoxy) is 1. The highest BCUT2D eigenvalue weighted by molar-refractivity contribution is 6.80. The van der Waals surface area contributed by atoms with Crippen molar-refractivity contribution in [3.63, 3.8) is 0 Å². The van der Waals surface area contributed by atoms with Crippen molar-refractivity contribution in [2.75, 3.05) is 13.7 Å². The molecule has 1 aromatic rings. The molecule has 1 saturated heterocycles. The highest BCUT2D eigenvalue weighted by atomic mass is 28.4. The summed E-state index contributed by atoms with van der Waals surface area (Å²) in [5.74, 6) is 0.850. The maximum absolute atomic E-state index is 13.8. The molecule has 0 radical (unpaired) electrons. The Balaban J connectivity index is 1.90. The predicted molar refractivity (Wildman–Crippen MR) is 139 cm³/mol. The molecule has 1 spiro atoms. The topological polar surface area (TPSA) is 60.4 Å². The fourth-order valence-electron chi connectivity index (χ4n) is 4.03. The number of carbonyl (C=O) groups is 1. The second-order valence-corrected chi connectivity index (χ2v) is 22.4. The summed E-state index contributed by atoms with van der Waals surface area (Å²) in [5, 5.41) is 4.53. The van der Waals surface area contributed by atoms with E-state index in [-0.39, 0.29) is 22.0 Å². The number of benzene rings is 1. The van der Waals surface area contributed by atoms with Gasteiger partial charge in [0.15, 0.2) is 16.6 Å². The van der Waals surface area contributed by atoms with E-state index in [2.05, 4.69) is 77.5 Å². The fourth-order valence-corrected chi connectivity index (χ4v) is 7.52. The van der Waals surface area contributed by atoms with Gasteiger partial charge in [0.05, 0.1) is 25.5 Å². The van der Waals surface area contributed by atoms with Crippen molar-refractivity contribution in [3.05, 3.63) is 29.8 Å². The standard InChI is InChI=1S/C25H42N2O4Si2/c1-23(2,3)32(8,9)27-21(17-30-33(10,11)24(4,5)6)25(22(27)28)16-20(26-31-25)18-12-14-19(29-7)15-13-18/h12-15,21H,16-17H2,1-11H3/t21-,25+/m1/s1. The number of hydrogen-bond donors (Lipinski definition) is 0. The Morgan fingerprint density at radius 2 is 1.64 bits per heavy atom. The number of amides is 1. The number of oxime groups is 1. The van der Waals surface area contributed by atoms with Gasteiger partial charge >= 0.3 is 0 Å². The van der Waals surface area contributed by atoms with E-state index in [0.29, 0.717) is 13.0 Å². The van der Waals surface area contributed by atoms with Crippen LogP contribution in [-0.2, 0) is 14.1 Å². The van der Waals surface area contributed by atoms with Crippen LogP contribution in [0.2, 0.25) is 36.3 Å². The van der Waals surface area contributed by atoms with E-state index >= 15 is 0 Å². The summed E-state index contributed by atoms with van der Waals surface area (Å²) in [7, 11) is -2.47. The third kappa shape index (κ3) is 4.30. The third-order valence-electron chi connectivity index (χ3n) is 8.45. The molecule has 3 rings (SSSR count). The van der Waals surface area contributed by atoms with E-state index in [1.165, 1.54) is 0 Å². The zero-order valence-corrected chi connectivity index (χ0v) is 24.3. The van der Waals surface area contributed by atoms with E-state index in [0.717, 1.165) is 17.0 Å². The molecule has 0 N–H and O–H groups in total. The minimum Gasteiger partial charge on any atom is -0.497 e. The second-order valence-electron chi connectivity index (χ2n) is 12.5. The Hall–Kier alpha value is -1.65. The molecule has 1 aromatic carbocycles. The van der Waals surface area contributed by atoms with Crippen LogP contribution in [0.5, 0.6) is 5.75 Å². The molecule has 6 nitrogen and oxygen atoms in total. The van der Waals surface area contributed by atoms with Crippen molar-refractivity contribution in [1.29, 1.82) is 0 Å². The zero-order chi connectivity index (χ0) is 25.0. The maximum atomic E-state index is 13.8. The van der Waals surface area contributed by atoms with E-state index < -0.39 is 22.2 Å². The van der Waals surface area contributed by atoms with E-state index in [1.54, 1.807) is 7.11 Å². The fraction of sp³-hybridized carbons (Fsp3) is 0.680. The molecule has 2 aliphatic heterocycles. The van der Waals surface area contributed by atoms with Gasteiger partial charge in [-0.3, -0.25) is 4.79 Å². The Morgan fingerprint density at radius 3 is 2.12 bits per heavy atom. The van der Waals surface area contributed by atoms with Gasteiger partial charge in [0.2, 0.25) is 5.60 Å². The molecule has 8 heteroatoms. The SMILES string of the molecule is COc1ccc(C2=NO[C@]3(C2)C(=O)N([Si](C)(C)C(C)(C)C)[C@@H]3CO[Si](C)(C)C(C)(C)C)cc1. The number of β-lactam (4-membered cyclic amide) rings is 1. The first-order valence-electron chi connectivity index (χ1n) is 11.9. The lowest BCUT2D eigenvalue weighted by Crippen LogP contribution is -2.82. The van der Waals surface area contributed by atoms with Crippen LogP contribution < -0.4 is 4.74 Å². The van der Waals surface area contributed by atoms with Crippen LogP contribution in [0.25, 0.3) is 0 Å². The first-order chi connectivity index (χ1) is 15.0. The van der Waals surface area contributed by atoms with Gasteiger partial charge in [0.1, 0.15) is 5.75 Å². The molecule has 0 bridgehead atoms. The summed E-state index contributed by atoms with van der Waals surface area (Å²) >= 11 is 0. The van der Waals surface area contributed by atoms with Gasteiger partial charge in [-0.15, -0.1) is 0 Å². The highest BCUT2D eigenvalue weighted by Gasteiger charge is 2.70. The maximum Gasteiger partial charge on any atom is 0.264 e. The lowest BCUT2D eigenvalue weighted by atomic mass is 9.80. The van der Waals surface area contributed by atoms with Crippen molar-refractivity contribution in [1.82, 2.24) is 4.57 Å². The van der Waals surface area contributed by atoms with Crippen molar-refractivity contribution in [2.45, 2.75) is 95.9 Å². The average molecular weight is 491 g/mol. The summed E-state index contributed by atoms with van der Waals surface area (Å²) in [4.78, 5) is 19.8. The van der Waals surface area contributed by atoms with Gasteiger partial charge in [-0.2, -0.15) is 0 Å². The minimum absolute atomic E-state index is 0.0256. The van der Waals surface area contributed by atoms with Crippen molar-refractivity contribution >= 4 is 28.2 Å². The smallest absolute Gasteiger partial charge is 0.264 e. The molecule has 0 aliphatic carbocycles. The Kier molecular flexibility index (Phi) is 6.48. The molecule has 1 amide bonds. The quantitative estimate of drug-likeness (QED) is 0.374. The van der Waals surface area contributed by atoms with Crippen LogP contribution >= 0.6 is 0 Å². The molecule has 2 heterocycles. The van der Waals surface area contributed by atoms with Gasteiger partial charge in [0.25, 0.3) is 5.91 Å². The number of nitrogens with zero attached hydrogens (tertiary/aromatic N) is 2. The van der Waals surface area contributed by atoms with Crippen LogP contribution in [0.1, 0.15) is 53.5 Å². The summed E-state index contributed by atoms with van der Waals surface area (Å²) < 4.78 is 14.1. The Morgan fingerprint density at radius 1 is 1.06 bits per heavy atom. The molecule has 1 fully saturated rings. The lowest BCUT2D eigenvalue weighted by Gasteiger charge is -2.61. The van der Waals surface area contributed by atoms with Gasteiger partial charge in [0, 0.05) is 6.42 Å². The molecular weight excluding hydrogens is 448 g/mol. The van der Waals surface area contributed by atoms with Crippen LogP contribution in [0.3, 0.4) is 0 Å². The van der Waals surface area contributed by atoms with Gasteiger partial charge in [-0.25, -0.2) is 0 Å². The van der Waals surface area contributed by atoms with E-state index in [1.807, 2.05) is 24.3 Å². The Labute approximate surface area is 201 Å². The molecule has 0 unspecified atom stereocenters. The summed E-state index contributed by atoms with van der Waals surface area (Å²) in [6, 6.07) is 7.61. The normalized spacial score (nSPS) is 24.0. The third-order valence-corrected chi connectivity index (χ3v) is 18.3. The number of methoxy groups -OCH3 is 1. The molecule has 2 atom stereocenters. The number of rotatable bonds is 6. The summed E-state index contributed by atoms with van der Waals surface area (Å²) in [6.07, 6.45) is 0.467. The lowest BCUT2D eigenvalue weighted by molar-refractivity contribution is -0.190. The predicted octanol–water partition coefficient (Wildman–Crippen LogP) is 5.80. The Bertz CT molecular complexity index is 929. The van der Waals surface area contributed by atoms with Crippen LogP contribution in [0.15, 0.2) is 29.4 Å². The molecule has 33 heavy (non-hydrogen) atoms. The summed E-state index contributed by atoms with van der Waals surface area (Å²) in [5.41, 5.74) is 0.793. The van der Waals surface area contributed by atoms with Crippen LogP contribution in [0, 0.1) is 0 Å². The first-order valence-corrected chi connectivity index (χ1v) is 17.7. The van der Waals surface area contributed by atoms with Crippen molar-refractivity contribution in [3.8, 4) is 5.75 Å². The minimum atomic E-state index is -2.13. The largest absolute Gasteiger partial charge is 0.497 e. The first kappa shape index (κ1) is 26.0. The molecule has 2 aliphatic rings. The van der Waals surface area contributed by atoms with Crippen molar-refractivity contribution in [2.24, 2.45) is 5.16 Å². The van der Waals surface area contributed by atoms with Gasteiger partial charge in [-0.1, -0.05) is 59.8 Å². The average Bonchev–Trinajstić information content (AvgIpc) is 3.17. The van der Waals surface area contributed by atoms with E-state index in [4.69, 9.17) is 14.0 Å². The zero-order valence-electron chi connectivity index (χ0n) is 22.3. The molecule has 0 saturated carbocycles. The van der Waals surface area contributed by atoms with Gasteiger partial charge in [-0.05, 0) is 53.0 Å². The van der Waals surface area contributed by atoms with Gasteiger partial charge < -0.3 is 18.6 Å². The highest BCUT2D eigenvalue weighted by Crippen LogP contribution is 2.51. The second kappa shape index (κ2) is 8.24. The van der Waals surface area contributed by atoms with Crippen LogP contribution in [-0.4, -0.2) is 58.1 Å². The van der Waals surface area contributed by atoms with Crippen LogP contribution in [0.4, 0.5) is 0 Å². The summed E-state index contributed by atoms with van der Waals surface area (Å²) in [6.45, 7) is 23.0. The molecular formula is C25H42N2O4Si2. The number of carbonyl (C=O) groups excluding carboxylic acids is 1. The van der Waals surface area contributed by atoms with Crippen molar-refractivity contribution < 1.29 is 18.8 Å². The van der Waals surface area contributed by atoms with E-state index in [9.17, 15) is 4.79 Å². The number of hydrogen-bond acceptors (Lipinski definition) is 5. The molecule has 184 valence electrons. The molecule has 0 aromatic heterocycles. The monoisotopic (exact) mass is 490 g/mol.